The number of hydrogen-bond acceptors (Lipinski definition) is 3. The van der Waals surface area contributed by atoms with Crippen molar-refractivity contribution in [1.82, 2.24) is 5.32 Å². The average molecular weight is 270 g/mol. The Bertz CT molecular complexity index is 349. The first kappa shape index (κ1) is 13.7. The summed E-state index contributed by atoms with van der Waals surface area (Å²) in [5.74, 6) is 1.42. The van der Waals surface area contributed by atoms with Gasteiger partial charge in [-0.3, -0.25) is 0 Å². The smallest absolute Gasteiger partial charge is 0.119 e. The van der Waals surface area contributed by atoms with E-state index in [9.17, 15) is 0 Å². The van der Waals surface area contributed by atoms with Crippen LogP contribution in [-0.4, -0.2) is 32.4 Å². The zero-order valence-corrected chi connectivity index (χ0v) is 11.5. The van der Waals surface area contributed by atoms with Crippen LogP contribution in [0.1, 0.15) is 13.3 Å². The van der Waals surface area contributed by atoms with Gasteiger partial charge in [-0.1, -0.05) is 18.5 Å². The van der Waals surface area contributed by atoms with Crippen LogP contribution >= 0.6 is 11.6 Å². The van der Waals surface area contributed by atoms with Gasteiger partial charge in [0.25, 0.3) is 0 Å². The molecule has 100 valence electrons. The van der Waals surface area contributed by atoms with Crippen molar-refractivity contribution < 1.29 is 9.47 Å². The molecule has 0 saturated carbocycles. The predicted octanol–water partition coefficient (Wildman–Crippen LogP) is 2.73. The van der Waals surface area contributed by atoms with E-state index < -0.39 is 0 Å². The van der Waals surface area contributed by atoms with Gasteiger partial charge in [0.15, 0.2) is 0 Å². The first-order valence-electron chi connectivity index (χ1n) is 6.49. The van der Waals surface area contributed by atoms with E-state index in [0.29, 0.717) is 18.6 Å². The van der Waals surface area contributed by atoms with Crippen molar-refractivity contribution >= 4 is 11.6 Å². The van der Waals surface area contributed by atoms with Crippen molar-refractivity contribution in [3.05, 3.63) is 29.3 Å². The highest BCUT2D eigenvalue weighted by Crippen LogP contribution is 2.19. The molecule has 1 aromatic rings. The van der Waals surface area contributed by atoms with Gasteiger partial charge in [-0.15, -0.1) is 0 Å². The summed E-state index contributed by atoms with van der Waals surface area (Å²) in [4.78, 5) is 0. The molecule has 2 unspecified atom stereocenters. The van der Waals surface area contributed by atoms with Crippen molar-refractivity contribution in [3.63, 3.8) is 0 Å². The Hall–Kier alpha value is -0.770. The maximum Gasteiger partial charge on any atom is 0.119 e. The Morgan fingerprint density at radius 2 is 2.22 bits per heavy atom. The number of halogens is 1. The Morgan fingerprint density at radius 3 is 2.83 bits per heavy atom. The lowest BCUT2D eigenvalue weighted by molar-refractivity contribution is 0.161. The minimum Gasteiger partial charge on any atom is -0.492 e. The first-order chi connectivity index (χ1) is 8.79. The molecule has 18 heavy (non-hydrogen) atoms. The van der Waals surface area contributed by atoms with Crippen LogP contribution in [0.25, 0.3) is 0 Å². The van der Waals surface area contributed by atoms with E-state index in [2.05, 4.69) is 12.2 Å². The molecule has 3 nitrogen and oxygen atoms in total. The lowest BCUT2D eigenvalue weighted by Crippen LogP contribution is -2.41. The van der Waals surface area contributed by atoms with Gasteiger partial charge < -0.3 is 14.8 Å². The lowest BCUT2D eigenvalue weighted by atomic mass is 10.00. The van der Waals surface area contributed by atoms with Crippen LogP contribution < -0.4 is 10.1 Å². The van der Waals surface area contributed by atoms with Crippen molar-refractivity contribution in [2.75, 3.05) is 26.4 Å². The molecule has 0 aliphatic carbocycles. The van der Waals surface area contributed by atoms with Gasteiger partial charge in [0, 0.05) is 23.6 Å². The molecular weight excluding hydrogens is 250 g/mol. The predicted molar refractivity (Wildman–Crippen MR) is 73.3 cm³/mol. The Kier molecular flexibility index (Phi) is 5.29. The van der Waals surface area contributed by atoms with Crippen LogP contribution in [0.5, 0.6) is 5.75 Å². The summed E-state index contributed by atoms with van der Waals surface area (Å²) in [5, 5.41) is 4.21. The summed E-state index contributed by atoms with van der Waals surface area (Å²) in [6.45, 7) is 5.44. The molecule has 0 bridgehead atoms. The first-order valence-corrected chi connectivity index (χ1v) is 6.87. The molecule has 0 radical (unpaired) electrons. The minimum absolute atomic E-state index is 0.355. The van der Waals surface area contributed by atoms with E-state index in [1.165, 1.54) is 0 Å². The topological polar surface area (TPSA) is 30.5 Å². The molecular formula is C14H20ClNO2. The van der Waals surface area contributed by atoms with E-state index in [-0.39, 0.29) is 0 Å². The normalized spacial score (nSPS) is 20.9. The van der Waals surface area contributed by atoms with Crippen molar-refractivity contribution in [2.24, 2.45) is 5.92 Å². The molecule has 1 heterocycles. The molecule has 1 saturated heterocycles. The number of nitrogens with one attached hydrogen (secondary N) is 1. The minimum atomic E-state index is 0.355. The molecule has 0 aromatic heterocycles. The van der Waals surface area contributed by atoms with Crippen molar-refractivity contribution in [1.29, 1.82) is 0 Å². The summed E-state index contributed by atoms with van der Waals surface area (Å²) in [6, 6.07) is 7.84. The number of rotatable bonds is 6. The molecule has 0 amide bonds. The van der Waals surface area contributed by atoms with Crippen LogP contribution in [0.15, 0.2) is 24.3 Å². The molecule has 1 aliphatic rings. The average Bonchev–Trinajstić information content (AvgIpc) is 2.90. The molecule has 2 atom stereocenters. The zero-order chi connectivity index (χ0) is 12.8. The van der Waals surface area contributed by atoms with Crippen LogP contribution in [0.4, 0.5) is 0 Å². The Balaban J connectivity index is 1.86. The van der Waals surface area contributed by atoms with Gasteiger partial charge in [0.1, 0.15) is 12.4 Å². The SMILES string of the molecule is CCNC(COc1ccc(Cl)cc1)C1CCOC1. The summed E-state index contributed by atoms with van der Waals surface area (Å²) < 4.78 is 11.3. The third-order valence-corrected chi connectivity index (χ3v) is 3.50. The van der Waals surface area contributed by atoms with E-state index in [4.69, 9.17) is 21.1 Å². The molecule has 2 rings (SSSR count). The van der Waals surface area contributed by atoms with Crippen LogP contribution in [0, 0.1) is 5.92 Å². The van der Waals surface area contributed by atoms with E-state index >= 15 is 0 Å². The summed E-state index contributed by atoms with van der Waals surface area (Å²) in [6.07, 6.45) is 1.11. The summed E-state index contributed by atoms with van der Waals surface area (Å²) >= 11 is 5.84. The Morgan fingerprint density at radius 1 is 1.44 bits per heavy atom. The van der Waals surface area contributed by atoms with Gasteiger partial charge in [-0.25, -0.2) is 0 Å². The van der Waals surface area contributed by atoms with E-state index in [1.807, 2.05) is 24.3 Å². The highest BCUT2D eigenvalue weighted by molar-refractivity contribution is 6.30. The Labute approximate surface area is 113 Å². The fraction of sp³-hybridized carbons (Fsp3) is 0.571. The highest BCUT2D eigenvalue weighted by Gasteiger charge is 2.25. The fourth-order valence-electron chi connectivity index (χ4n) is 2.21. The van der Waals surface area contributed by atoms with E-state index in [0.717, 1.165) is 37.0 Å². The second kappa shape index (κ2) is 6.98. The molecule has 1 N–H and O–H groups in total. The molecule has 1 fully saturated rings. The zero-order valence-electron chi connectivity index (χ0n) is 10.7. The van der Waals surface area contributed by atoms with Crippen LogP contribution in [-0.2, 0) is 4.74 Å². The van der Waals surface area contributed by atoms with Crippen molar-refractivity contribution in [2.45, 2.75) is 19.4 Å². The number of benzene rings is 1. The number of ether oxygens (including phenoxy) is 2. The molecule has 4 heteroatoms. The highest BCUT2D eigenvalue weighted by atomic mass is 35.5. The van der Waals surface area contributed by atoms with Gasteiger partial charge in [-0.2, -0.15) is 0 Å². The molecule has 1 aromatic carbocycles. The monoisotopic (exact) mass is 269 g/mol. The van der Waals surface area contributed by atoms with Crippen LogP contribution in [0.3, 0.4) is 0 Å². The quantitative estimate of drug-likeness (QED) is 0.861. The van der Waals surface area contributed by atoms with Crippen LogP contribution in [0.2, 0.25) is 5.02 Å². The lowest BCUT2D eigenvalue weighted by Gasteiger charge is -2.23. The van der Waals surface area contributed by atoms with Gasteiger partial charge in [0.05, 0.1) is 6.61 Å². The molecule has 0 spiro atoms. The standard InChI is InChI=1S/C14H20ClNO2/c1-2-16-14(11-7-8-17-9-11)10-18-13-5-3-12(15)4-6-13/h3-6,11,14,16H,2,7-10H2,1H3. The number of hydrogen-bond donors (Lipinski definition) is 1. The van der Waals surface area contributed by atoms with Crippen molar-refractivity contribution in [3.8, 4) is 5.75 Å². The second-order valence-corrected chi connectivity index (χ2v) is 4.99. The second-order valence-electron chi connectivity index (χ2n) is 4.55. The maximum absolute atomic E-state index is 5.84. The van der Waals surface area contributed by atoms with E-state index in [1.54, 1.807) is 0 Å². The largest absolute Gasteiger partial charge is 0.492 e. The van der Waals surface area contributed by atoms with Gasteiger partial charge >= 0.3 is 0 Å². The fourth-order valence-corrected chi connectivity index (χ4v) is 2.34. The third kappa shape index (κ3) is 3.87. The third-order valence-electron chi connectivity index (χ3n) is 3.24. The summed E-state index contributed by atoms with van der Waals surface area (Å²) in [5.41, 5.74) is 0. The molecule has 1 aliphatic heterocycles. The summed E-state index contributed by atoms with van der Waals surface area (Å²) in [7, 11) is 0. The maximum atomic E-state index is 5.84. The van der Waals surface area contributed by atoms with Gasteiger partial charge in [0.2, 0.25) is 0 Å². The number of likely N-dealkylation sites (N-methyl/N-ethyl adjacent to an activating group) is 1. The van der Waals surface area contributed by atoms with Gasteiger partial charge in [-0.05, 0) is 37.2 Å².